The molecule has 1 aliphatic heterocycles. The molecular weight excluding hydrogens is 208 g/mol. The molecule has 5 nitrogen and oxygen atoms in total. The van der Waals surface area contributed by atoms with E-state index in [-0.39, 0.29) is 36.0 Å². The molecule has 0 bridgehead atoms. The number of likely N-dealkylation sites (tertiary alicyclic amines) is 1. The zero-order valence-corrected chi connectivity index (χ0v) is 9.73. The van der Waals surface area contributed by atoms with Crippen molar-refractivity contribution in [2.45, 2.75) is 39.2 Å². The smallest absolute Gasteiger partial charge is 0.230 e. The van der Waals surface area contributed by atoms with Gasteiger partial charge in [0, 0.05) is 12.6 Å². The fraction of sp³-hybridized carbons (Fsp3) is 0.727. The van der Waals surface area contributed by atoms with Gasteiger partial charge in [-0.3, -0.25) is 14.4 Å². The fourth-order valence-electron chi connectivity index (χ4n) is 2.00. The molecule has 0 aromatic rings. The molecule has 2 N–H and O–H groups in total. The van der Waals surface area contributed by atoms with E-state index in [0.29, 0.717) is 6.54 Å². The van der Waals surface area contributed by atoms with Crippen molar-refractivity contribution in [2.75, 3.05) is 6.54 Å². The highest BCUT2D eigenvalue weighted by Crippen LogP contribution is 2.22. The van der Waals surface area contributed by atoms with Crippen LogP contribution in [0.1, 0.15) is 33.1 Å². The third-order valence-electron chi connectivity index (χ3n) is 3.00. The molecule has 2 amide bonds. The lowest BCUT2D eigenvalue weighted by molar-refractivity contribution is -0.139. The molecule has 90 valence electrons. The SMILES string of the molecule is CC(=O)CC(=O)N1CC(C(N)=O)CCC1C. The first kappa shape index (κ1) is 12.7. The van der Waals surface area contributed by atoms with Crippen LogP contribution in [0.4, 0.5) is 0 Å². The molecule has 1 aliphatic rings. The summed E-state index contributed by atoms with van der Waals surface area (Å²) in [5.41, 5.74) is 5.23. The van der Waals surface area contributed by atoms with Gasteiger partial charge in [0.1, 0.15) is 5.78 Å². The Morgan fingerprint density at radius 1 is 1.31 bits per heavy atom. The average molecular weight is 226 g/mol. The van der Waals surface area contributed by atoms with Gasteiger partial charge in [0.15, 0.2) is 0 Å². The number of primary amides is 1. The van der Waals surface area contributed by atoms with Crippen LogP contribution in [0.2, 0.25) is 0 Å². The molecule has 1 rings (SSSR count). The highest BCUT2D eigenvalue weighted by Gasteiger charge is 2.31. The third-order valence-corrected chi connectivity index (χ3v) is 3.00. The first-order chi connectivity index (χ1) is 7.41. The Hall–Kier alpha value is -1.39. The maximum atomic E-state index is 11.7. The number of Topliss-reactive ketones (excluding diaryl/α,β-unsaturated/α-hetero) is 1. The average Bonchev–Trinajstić information content (AvgIpc) is 2.16. The zero-order chi connectivity index (χ0) is 12.3. The van der Waals surface area contributed by atoms with Crippen molar-refractivity contribution in [1.82, 2.24) is 4.90 Å². The molecule has 2 unspecified atom stereocenters. The Morgan fingerprint density at radius 3 is 2.44 bits per heavy atom. The quantitative estimate of drug-likeness (QED) is 0.692. The van der Waals surface area contributed by atoms with Crippen molar-refractivity contribution >= 4 is 17.6 Å². The van der Waals surface area contributed by atoms with Crippen molar-refractivity contribution in [3.63, 3.8) is 0 Å². The standard InChI is InChI=1S/C11H18N2O3/c1-7-3-4-9(11(12)16)6-13(7)10(15)5-8(2)14/h7,9H,3-6H2,1-2H3,(H2,12,16). The lowest BCUT2D eigenvalue weighted by atomic mass is 9.92. The highest BCUT2D eigenvalue weighted by molar-refractivity contribution is 5.97. The summed E-state index contributed by atoms with van der Waals surface area (Å²) in [5.74, 6) is -0.996. The summed E-state index contributed by atoms with van der Waals surface area (Å²) in [7, 11) is 0. The Bertz CT molecular complexity index is 314. The maximum Gasteiger partial charge on any atom is 0.230 e. The predicted molar refractivity (Wildman–Crippen MR) is 58.4 cm³/mol. The van der Waals surface area contributed by atoms with Gasteiger partial charge in [-0.05, 0) is 26.7 Å². The van der Waals surface area contributed by atoms with Crippen LogP contribution in [0.5, 0.6) is 0 Å². The monoisotopic (exact) mass is 226 g/mol. The van der Waals surface area contributed by atoms with Crippen LogP contribution in [-0.2, 0) is 14.4 Å². The van der Waals surface area contributed by atoms with Crippen molar-refractivity contribution in [3.8, 4) is 0 Å². The zero-order valence-electron chi connectivity index (χ0n) is 9.73. The number of nitrogens with two attached hydrogens (primary N) is 1. The molecule has 0 spiro atoms. The van der Waals surface area contributed by atoms with Crippen LogP contribution in [0.15, 0.2) is 0 Å². The molecule has 0 radical (unpaired) electrons. The summed E-state index contributed by atoms with van der Waals surface area (Å²) in [5, 5.41) is 0. The van der Waals surface area contributed by atoms with E-state index >= 15 is 0 Å². The molecule has 0 aromatic carbocycles. The summed E-state index contributed by atoms with van der Waals surface area (Å²) < 4.78 is 0. The maximum absolute atomic E-state index is 11.7. The second-order valence-electron chi connectivity index (χ2n) is 4.45. The lowest BCUT2D eigenvalue weighted by Gasteiger charge is -2.36. The predicted octanol–water partition coefficient (Wildman–Crippen LogP) is 0.0779. The van der Waals surface area contributed by atoms with Crippen LogP contribution in [0.25, 0.3) is 0 Å². The molecule has 0 aliphatic carbocycles. The van der Waals surface area contributed by atoms with E-state index in [1.165, 1.54) is 6.92 Å². The molecule has 1 saturated heterocycles. The molecule has 16 heavy (non-hydrogen) atoms. The molecule has 1 fully saturated rings. The number of piperidine rings is 1. The topological polar surface area (TPSA) is 80.5 Å². The Balaban J connectivity index is 2.65. The first-order valence-electron chi connectivity index (χ1n) is 5.50. The molecular formula is C11H18N2O3. The fourth-order valence-corrected chi connectivity index (χ4v) is 2.00. The van der Waals surface area contributed by atoms with Crippen molar-refractivity contribution in [1.29, 1.82) is 0 Å². The van der Waals surface area contributed by atoms with E-state index in [0.717, 1.165) is 12.8 Å². The van der Waals surface area contributed by atoms with Crippen LogP contribution < -0.4 is 5.73 Å². The summed E-state index contributed by atoms with van der Waals surface area (Å²) in [6.07, 6.45) is 1.40. The van der Waals surface area contributed by atoms with Crippen LogP contribution in [0, 0.1) is 5.92 Å². The van der Waals surface area contributed by atoms with E-state index in [1.807, 2.05) is 6.92 Å². The van der Waals surface area contributed by atoms with E-state index in [2.05, 4.69) is 0 Å². The molecule has 0 saturated carbocycles. The van der Waals surface area contributed by atoms with Gasteiger partial charge in [-0.25, -0.2) is 0 Å². The van der Waals surface area contributed by atoms with Gasteiger partial charge in [0.05, 0.1) is 12.3 Å². The van der Waals surface area contributed by atoms with Gasteiger partial charge < -0.3 is 10.6 Å². The van der Waals surface area contributed by atoms with Crippen molar-refractivity contribution in [3.05, 3.63) is 0 Å². The van der Waals surface area contributed by atoms with Gasteiger partial charge >= 0.3 is 0 Å². The summed E-state index contributed by atoms with van der Waals surface area (Å²) in [6.45, 7) is 3.66. The summed E-state index contributed by atoms with van der Waals surface area (Å²) in [6, 6.07) is 0.0856. The number of carbonyl (C=O) groups is 3. The second-order valence-corrected chi connectivity index (χ2v) is 4.45. The van der Waals surface area contributed by atoms with Gasteiger partial charge in [-0.2, -0.15) is 0 Å². The Labute approximate surface area is 95.0 Å². The number of carbonyl (C=O) groups excluding carboxylic acids is 3. The minimum Gasteiger partial charge on any atom is -0.369 e. The van der Waals surface area contributed by atoms with Crippen molar-refractivity contribution in [2.24, 2.45) is 11.7 Å². The minimum absolute atomic E-state index is 0.0856. The number of hydrogen-bond acceptors (Lipinski definition) is 3. The number of nitrogens with zero attached hydrogens (tertiary/aromatic N) is 1. The van der Waals surface area contributed by atoms with Crippen LogP contribution in [-0.4, -0.2) is 35.1 Å². The molecule has 0 aromatic heterocycles. The second kappa shape index (κ2) is 5.09. The van der Waals surface area contributed by atoms with E-state index in [9.17, 15) is 14.4 Å². The normalized spacial score (nSPS) is 25.2. The van der Waals surface area contributed by atoms with E-state index in [4.69, 9.17) is 5.73 Å². The summed E-state index contributed by atoms with van der Waals surface area (Å²) >= 11 is 0. The minimum atomic E-state index is -0.368. The summed E-state index contributed by atoms with van der Waals surface area (Å²) in [4.78, 5) is 35.3. The largest absolute Gasteiger partial charge is 0.369 e. The van der Waals surface area contributed by atoms with Crippen LogP contribution in [0.3, 0.4) is 0 Å². The van der Waals surface area contributed by atoms with Gasteiger partial charge in [0.25, 0.3) is 0 Å². The number of ketones is 1. The first-order valence-corrected chi connectivity index (χ1v) is 5.50. The Kier molecular flexibility index (Phi) is 4.04. The van der Waals surface area contributed by atoms with Crippen molar-refractivity contribution < 1.29 is 14.4 Å². The molecule has 5 heteroatoms. The third kappa shape index (κ3) is 3.05. The molecule has 2 atom stereocenters. The van der Waals surface area contributed by atoms with E-state index < -0.39 is 0 Å². The van der Waals surface area contributed by atoms with Gasteiger partial charge in [0.2, 0.25) is 11.8 Å². The molecule has 1 heterocycles. The van der Waals surface area contributed by atoms with E-state index in [1.54, 1.807) is 4.90 Å². The highest BCUT2D eigenvalue weighted by atomic mass is 16.2. The number of rotatable bonds is 3. The Morgan fingerprint density at radius 2 is 1.94 bits per heavy atom. The lowest BCUT2D eigenvalue weighted by Crippen LogP contribution is -2.48. The van der Waals surface area contributed by atoms with Gasteiger partial charge in [-0.1, -0.05) is 0 Å². The number of hydrogen-bond donors (Lipinski definition) is 1. The number of amides is 2. The van der Waals surface area contributed by atoms with Crippen LogP contribution >= 0.6 is 0 Å². The van der Waals surface area contributed by atoms with Gasteiger partial charge in [-0.15, -0.1) is 0 Å².